The van der Waals surface area contributed by atoms with Crippen LogP contribution in [0, 0.1) is 0 Å². The molecule has 1 amide bonds. The number of thiazole rings is 1. The van der Waals surface area contributed by atoms with E-state index < -0.39 is 0 Å². The Labute approximate surface area is 158 Å². The van der Waals surface area contributed by atoms with Crippen LogP contribution >= 0.6 is 34.5 Å². The third-order valence-corrected chi connectivity index (χ3v) is 5.18. The van der Waals surface area contributed by atoms with Gasteiger partial charge in [0, 0.05) is 28.8 Å². The van der Waals surface area contributed by atoms with E-state index in [9.17, 15) is 4.79 Å². The first-order valence-corrected chi connectivity index (χ1v) is 9.04. The topological polar surface area (TPSA) is 96.7 Å². The number of amides is 1. The van der Waals surface area contributed by atoms with Gasteiger partial charge in [-0.15, -0.1) is 11.3 Å². The number of halogens is 2. The molecule has 0 fully saturated rings. The number of nitrogens with two attached hydrogens (primary N) is 1. The van der Waals surface area contributed by atoms with Crippen molar-refractivity contribution >= 4 is 40.4 Å². The van der Waals surface area contributed by atoms with Crippen LogP contribution in [0.1, 0.15) is 15.2 Å². The maximum absolute atomic E-state index is 12.4. The smallest absolute Gasteiger partial charge is 0.263 e. The van der Waals surface area contributed by atoms with Gasteiger partial charge in [-0.1, -0.05) is 29.3 Å². The van der Waals surface area contributed by atoms with Gasteiger partial charge in [-0.25, -0.2) is 4.98 Å². The average Bonchev–Trinajstić information content (AvgIpc) is 3.27. The van der Waals surface area contributed by atoms with Gasteiger partial charge >= 0.3 is 0 Å². The number of hydrogen-bond acceptors (Lipinski definition) is 5. The van der Waals surface area contributed by atoms with Crippen molar-refractivity contribution in [1.82, 2.24) is 20.5 Å². The van der Waals surface area contributed by atoms with Gasteiger partial charge in [-0.3, -0.25) is 9.89 Å². The van der Waals surface area contributed by atoms with Crippen LogP contribution in [-0.4, -0.2) is 33.7 Å². The third-order valence-electron chi connectivity index (χ3n) is 3.56. The lowest BCUT2D eigenvalue weighted by molar-refractivity contribution is 0.0942. The number of aromatic nitrogens is 3. The summed E-state index contributed by atoms with van der Waals surface area (Å²) in [7, 11) is 0. The van der Waals surface area contributed by atoms with Gasteiger partial charge in [0.1, 0.15) is 9.88 Å². The number of H-pyrrole nitrogens is 1. The van der Waals surface area contributed by atoms with Crippen LogP contribution in [0.25, 0.3) is 10.7 Å². The van der Waals surface area contributed by atoms with E-state index in [2.05, 4.69) is 20.5 Å². The van der Waals surface area contributed by atoms with Crippen molar-refractivity contribution in [1.29, 1.82) is 0 Å². The molecule has 0 bridgehead atoms. The summed E-state index contributed by atoms with van der Waals surface area (Å²) in [5.41, 5.74) is 7.45. The van der Waals surface area contributed by atoms with Gasteiger partial charge in [0.2, 0.25) is 0 Å². The van der Waals surface area contributed by atoms with Crippen LogP contribution in [0.3, 0.4) is 0 Å². The molecule has 0 radical (unpaired) electrons. The molecular weight excluding hydrogens is 381 g/mol. The van der Waals surface area contributed by atoms with Gasteiger partial charge < -0.3 is 11.1 Å². The average molecular weight is 396 g/mol. The minimum atomic E-state index is -0.246. The highest BCUT2D eigenvalue weighted by atomic mass is 35.5. The van der Waals surface area contributed by atoms with Gasteiger partial charge in [-0.2, -0.15) is 5.10 Å². The van der Waals surface area contributed by atoms with Crippen LogP contribution in [0.2, 0.25) is 10.0 Å². The number of aromatic amines is 1. The second-order valence-corrected chi connectivity index (χ2v) is 7.22. The molecule has 130 valence electrons. The molecule has 2 aromatic heterocycles. The van der Waals surface area contributed by atoms with Crippen LogP contribution in [-0.2, 0) is 6.42 Å². The monoisotopic (exact) mass is 395 g/mol. The minimum Gasteiger partial charge on any atom is -0.347 e. The van der Waals surface area contributed by atoms with E-state index in [0.717, 1.165) is 11.3 Å². The second kappa shape index (κ2) is 7.97. The Morgan fingerprint density at radius 2 is 2.20 bits per heavy atom. The Morgan fingerprint density at radius 3 is 2.88 bits per heavy atom. The van der Waals surface area contributed by atoms with Crippen LogP contribution in [0.5, 0.6) is 0 Å². The SMILES string of the molecule is NCC(Cc1ccc(Cl)cc1Cl)NC(=O)c1cnc(-c2ccn[nH]2)s1. The summed E-state index contributed by atoms with van der Waals surface area (Å²) in [6, 6.07) is 6.82. The normalized spacial score (nSPS) is 12.1. The summed E-state index contributed by atoms with van der Waals surface area (Å²) in [4.78, 5) is 17.2. The quantitative estimate of drug-likeness (QED) is 0.596. The molecule has 9 heteroatoms. The highest BCUT2D eigenvalue weighted by molar-refractivity contribution is 7.16. The van der Waals surface area contributed by atoms with Crippen molar-refractivity contribution < 1.29 is 4.79 Å². The van der Waals surface area contributed by atoms with Gasteiger partial charge in [0.15, 0.2) is 0 Å². The Morgan fingerprint density at radius 1 is 1.36 bits per heavy atom. The highest BCUT2D eigenvalue weighted by Crippen LogP contribution is 2.24. The van der Waals surface area contributed by atoms with E-state index in [4.69, 9.17) is 28.9 Å². The number of rotatable bonds is 6. The molecule has 0 aliphatic rings. The van der Waals surface area contributed by atoms with Gasteiger partial charge in [0.25, 0.3) is 5.91 Å². The molecule has 2 heterocycles. The molecule has 3 aromatic rings. The second-order valence-electron chi connectivity index (χ2n) is 5.35. The zero-order valence-electron chi connectivity index (χ0n) is 13.0. The Balaban J connectivity index is 1.68. The summed E-state index contributed by atoms with van der Waals surface area (Å²) < 4.78 is 0. The maximum Gasteiger partial charge on any atom is 0.263 e. The zero-order chi connectivity index (χ0) is 17.8. The van der Waals surface area contributed by atoms with E-state index >= 15 is 0 Å². The Bertz CT molecular complexity index is 865. The zero-order valence-corrected chi connectivity index (χ0v) is 15.3. The van der Waals surface area contributed by atoms with E-state index in [1.165, 1.54) is 11.3 Å². The Hall–Kier alpha value is -1.93. The largest absolute Gasteiger partial charge is 0.347 e. The molecule has 0 saturated heterocycles. The third kappa shape index (κ3) is 4.38. The highest BCUT2D eigenvalue weighted by Gasteiger charge is 2.17. The molecule has 0 spiro atoms. The first-order chi connectivity index (χ1) is 12.1. The number of benzene rings is 1. The van der Waals surface area contributed by atoms with Crippen LogP contribution < -0.4 is 11.1 Å². The molecule has 1 atom stereocenters. The number of carbonyl (C=O) groups excluding carboxylic acids is 1. The van der Waals surface area contributed by atoms with Gasteiger partial charge in [0.05, 0.1) is 11.9 Å². The minimum absolute atomic E-state index is 0.219. The molecule has 0 aliphatic heterocycles. The fraction of sp³-hybridized carbons (Fsp3) is 0.188. The number of nitrogens with one attached hydrogen (secondary N) is 2. The van der Waals surface area contributed by atoms with E-state index in [1.807, 2.05) is 6.07 Å². The standard InChI is InChI=1S/C16H15Cl2N5OS/c17-10-2-1-9(12(18)6-10)5-11(7-19)22-15(24)14-8-20-16(25-14)13-3-4-21-23-13/h1-4,6,8,11H,5,7,19H2,(H,21,23)(H,22,24). The van der Waals surface area contributed by atoms with E-state index in [0.29, 0.717) is 26.4 Å². The predicted molar refractivity (Wildman–Crippen MR) is 100 cm³/mol. The first-order valence-electron chi connectivity index (χ1n) is 7.47. The molecule has 1 aromatic carbocycles. The molecule has 0 saturated carbocycles. The molecule has 6 nitrogen and oxygen atoms in total. The van der Waals surface area contributed by atoms with Crippen molar-refractivity contribution in [3.63, 3.8) is 0 Å². The van der Waals surface area contributed by atoms with Crippen molar-refractivity contribution in [3.8, 4) is 10.7 Å². The number of carbonyl (C=O) groups is 1. The lowest BCUT2D eigenvalue weighted by Gasteiger charge is -2.17. The summed E-state index contributed by atoms with van der Waals surface area (Å²) in [6.07, 6.45) is 3.69. The number of nitrogens with zero attached hydrogens (tertiary/aromatic N) is 2. The molecule has 0 aliphatic carbocycles. The van der Waals surface area contributed by atoms with E-state index in [-0.39, 0.29) is 18.5 Å². The fourth-order valence-corrected chi connectivity index (χ4v) is 3.56. The van der Waals surface area contributed by atoms with Crippen molar-refractivity contribution in [3.05, 3.63) is 57.1 Å². The van der Waals surface area contributed by atoms with Crippen LogP contribution in [0.4, 0.5) is 0 Å². The van der Waals surface area contributed by atoms with E-state index in [1.54, 1.807) is 30.6 Å². The Kier molecular flexibility index (Phi) is 5.70. The summed E-state index contributed by atoms with van der Waals surface area (Å²) >= 11 is 13.4. The predicted octanol–water partition coefficient (Wildman–Crippen LogP) is 3.14. The summed E-state index contributed by atoms with van der Waals surface area (Å²) in [5, 5.41) is 11.4. The lowest BCUT2D eigenvalue weighted by atomic mass is 10.1. The summed E-state index contributed by atoms with van der Waals surface area (Å²) in [5.74, 6) is -0.219. The molecule has 4 N–H and O–H groups in total. The first kappa shape index (κ1) is 17.9. The molecular formula is C16H15Cl2N5OS. The number of hydrogen-bond donors (Lipinski definition) is 3. The van der Waals surface area contributed by atoms with Crippen LogP contribution in [0.15, 0.2) is 36.7 Å². The van der Waals surface area contributed by atoms with Gasteiger partial charge in [-0.05, 0) is 30.2 Å². The summed E-state index contributed by atoms with van der Waals surface area (Å²) in [6.45, 7) is 0.289. The van der Waals surface area contributed by atoms with Crippen molar-refractivity contribution in [2.45, 2.75) is 12.5 Å². The fourth-order valence-electron chi connectivity index (χ4n) is 2.28. The lowest BCUT2D eigenvalue weighted by Crippen LogP contribution is -2.41. The molecule has 1 unspecified atom stereocenters. The molecule has 25 heavy (non-hydrogen) atoms. The van der Waals surface area contributed by atoms with Crippen molar-refractivity contribution in [2.75, 3.05) is 6.54 Å². The maximum atomic E-state index is 12.4. The molecule has 3 rings (SSSR count). The van der Waals surface area contributed by atoms with Crippen molar-refractivity contribution in [2.24, 2.45) is 5.73 Å².